The minimum absolute atomic E-state index is 0.0118. The van der Waals surface area contributed by atoms with Crippen LogP contribution in [-0.2, 0) is 16.1 Å². The largest absolute Gasteiger partial charge is 0.477 e. The van der Waals surface area contributed by atoms with Gasteiger partial charge in [-0.2, -0.15) is 0 Å². The highest BCUT2D eigenvalue weighted by atomic mass is 16.5. The number of aromatic nitrogens is 1. The Labute approximate surface area is 122 Å². The van der Waals surface area contributed by atoms with Gasteiger partial charge < -0.3 is 19.7 Å². The third kappa shape index (κ3) is 3.61. The number of benzene rings is 1. The number of fused-ring (bicyclic) bond motifs is 1. The number of para-hydroxylation sites is 1. The standard InChI is InChI=1S/C15H18N2O4/c1-21-8-4-7-16-14(18)10-17-12-6-3-2-5-11(12)9-13(17)15(19)20/h2-3,5-6,9H,4,7-8,10H2,1H3,(H,16,18)(H,19,20). The van der Waals surface area contributed by atoms with Crippen LogP contribution in [0.4, 0.5) is 0 Å². The molecule has 1 amide bonds. The second-order valence-electron chi connectivity index (χ2n) is 4.68. The van der Waals surface area contributed by atoms with Crippen LogP contribution in [0.1, 0.15) is 16.9 Å². The molecule has 0 aliphatic rings. The summed E-state index contributed by atoms with van der Waals surface area (Å²) in [6, 6.07) is 8.87. The number of nitrogens with one attached hydrogen (secondary N) is 1. The van der Waals surface area contributed by atoms with Crippen molar-refractivity contribution in [2.45, 2.75) is 13.0 Å². The zero-order valence-corrected chi connectivity index (χ0v) is 11.8. The van der Waals surface area contributed by atoms with Crippen LogP contribution in [0.2, 0.25) is 0 Å². The highest BCUT2D eigenvalue weighted by Gasteiger charge is 2.16. The molecule has 1 heterocycles. The van der Waals surface area contributed by atoms with Crippen LogP contribution < -0.4 is 5.32 Å². The topological polar surface area (TPSA) is 80.6 Å². The van der Waals surface area contributed by atoms with Crippen LogP contribution in [0.3, 0.4) is 0 Å². The molecule has 0 aliphatic heterocycles. The van der Waals surface area contributed by atoms with Gasteiger partial charge in [-0.1, -0.05) is 18.2 Å². The van der Waals surface area contributed by atoms with Gasteiger partial charge in [-0.3, -0.25) is 4.79 Å². The molecule has 0 fully saturated rings. The van der Waals surface area contributed by atoms with E-state index in [2.05, 4.69) is 5.32 Å². The van der Waals surface area contributed by atoms with Crippen molar-refractivity contribution in [3.05, 3.63) is 36.0 Å². The van der Waals surface area contributed by atoms with Crippen LogP contribution in [0.5, 0.6) is 0 Å². The van der Waals surface area contributed by atoms with Crippen LogP contribution in [0.15, 0.2) is 30.3 Å². The number of rotatable bonds is 7. The zero-order valence-electron chi connectivity index (χ0n) is 11.8. The van der Waals surface area contributed by atoms with E-state index in [4.69, 9.17) is 4.74 Å². The fourth-order valence-corrected chi connectivity index (χ4v) is 2.20. The fraction of sp³-hybridized carbons (Fsp3) is 0.333. The first-order valence-corrected chi connectivity index (χ1v) is 6.70. The number of nitrogens with zero attached hydrogens (tertiary/aromatic N) is 1. The molecule has 2 N–H and O–H groups in total. The lowest BCUT2D eigenvalue weighted by Crippen LogP contribution is -2.29. The van der Waals surface area contributed by atoms with E-state index in [9.17, 15) is 14.7 Å². The lowest BCUT2D eigenvalue weighted by Gasteiger charge is -2.09. The number of aromatic carboxylic acids is 1. The Morgan fingerprint density at radius 1 is 1.33 bits per heavy atom. The Morgan fingerprint density at radius 2 is 2.10 bits per heavy atom. The number of methoxy groups -OCH3 is 1. The molecule has 0 radical (unpaired) electrons. The summed E-state index contributed by atoms with van der Waals surface area (Å²) in [6.07, 6.45) is 0.723. The van der Waals surface area contributed by atoms with Gasteiger partial charge in [0.1, 0.15) is 12.2 Å². The van der Waals surface area contributed by atoms with Crippen molar-refractivity contribution in [3.8, 4) is 0 Å². The van der Waals surface area contributed by atoms with Crippen molar-refractivity contribution in [1.29, 1.82) is 0 Å². The predicted octanol–water partition coefficient (Wildman–Crippen LogP) is 1.49. The summed E-state index contributed by atoms with van der Waals surface area (Å²) in [4.78, 5) is 23.2. The number of amides is 1. The molecule has 2 rings (SSSR count). The zero-order chi connectivity index (χ0) is 15.2. The average Bonchev–Trinajstić information content (AvgIpc) is 2.83. The molecular formula is C15H18N2O4. The summed E-state index contributed by atoms with van der Waals surface area (Å²) in [5.74, 6) is -1.26. The molecule has 0 aliphatic carbocycles. The molecule has 1 aromatic heterocycles. The van der Waals surface area contributed by atoms with Crippen molar-refractivity contribution in [2.24, 2.45) is 0 Å². The van der Waals surface area contributed by atoms with E-state index in [-0.39, 0.29) is 18.1 Å². The van der Waals surface area contributed by atoms with Crippen LogP contribution in [-0.4, -0.2) is 41.8 Å². The third-order valence-corrected chi connectivity index (χ3v) is 3.18. The van der Waals surface area contributed by atoms with E-state index < -0.39 is 5.97 Å². The number of carbonyl (C=O) groups excluding carboxylic acids is 1. The molecule has 0 atom stereocenters. The first kappa shape index (κ1) is 15.1. The van der Waals surface area contributed by atoms with Gasteiger partial charge >= 0.3 is 5.97 Å². The van der Waals surface area contributed by atoms with E-state index in [0.29, 0.717) is 13.2 Å². The van der Waals surface area contributed by atoms with Crippen molar-refractivity contribution in [2.75, 3.05) is 20.3 Å². The molecule has 21 heavy (non-hydrogen) atoms. The number of carboxylic acid groups (broad SMARTS) is 1. The molecule has 0 saturated heterocycles. The molecule has 112 valence electrons. The summed E-state index contributed by atoms with van der Waals surface area (Å²) in [5.41, 5.74) is 0.852. The Bertz CT molecular complexity index is 648. The minimum atomic E-state index is -1.04. The molecule has 0 unspecified atom stereocenters. The van der Waals surface area contributed by atoms with Crippen molar-refractivity contribution < 1.29 is 19.4 Å². The molecule has 6 heteroatoms. The molecule has 1 aromatic carbocycles. The van der Waals surface area contributed by atoms with Gasteiger partial charge in [0.05, 0.1) is 0 Å². The van der Waals surface area contributed by atoms with E-state index in [1.165, 1.54) is 4.57 Å². The normalized spacial score (nSPS) is 10.7. The van der Waals surface area contributed by atoms with Gasteiger partial charge in [0, 0.05) is 31.2 Å². The van der Waals surface area contributed by atoms with E-state index in [1.807, 2.05) is 18.2 Å². The van der Waals surface area contributed by atoms with Crippen molar-refractivity contribution >= 4 is 22.8 Å². The molecular weight excluding hydrogens is 272 g/mol. The summed E-state index contributed by atoms with van der Waals surface area (Å²) >= 11 is 0. The Balaban J connectivity index is 2.15. The number of hydrogen-bond donors (Lipinski definition) is 2. The van der Waals surface area contributed by atoms with Gasteiger partial charge in [0.25, 0.3) is 0 Å². The smallest absolute Gasteiger partial charge is 0.352 e. The van der Waals surface area contributed by atoms with Gasteiger partial charge in [0.2, 0.25) is 5.91 Å². The van der Waals surface area contributed by atoms with Crippen molar-refractivity contribution in [1.82, 2.24) is 9.88 Å². The van der Waals surface area contributed by atoms with Gasteiger partial charge in [-0.25, -0.2) is 4.79 Å². The second-order valence-corrected chi connectivity index (χ2v) is 4.68. The highest BCUT2D eigenvalue weighted by Crippen LogP contribution is 2.19. The average molecular weight is 290 g/mol. The van der Waals surface area contributed by atoms with Crippen LogP contribution in [0, 0.1) is 0 Å². The quantitative estimate of drug-likeness (QED) is 0.757. The summed E-state index contributed by atoms with van der Waals surface area (Å²) in [5, 5.41) is 12.8. The molecule has 0 spiro atoms. The monoisotopic (exact) mass is 290 g/mol. The van der Waals surface area contributed by atoms with Gasteiger partial charge in [-0.15, -0.1) is 0 Å². The van der Waals surface area contributed by atoms with Gasteiger partial charge in [-0.05, 0) is 18.6 Å². The Morgan fingerprint density at radius 3 is 2.81 bits per heavy atom. The van der Waals surface area contributed by atoms with Crippen LogP contribution in [0.25, 0.3) is 10.9 Å². The highest BCUT2D eigenvalue weighted by molar-refractivity contribution is 5.95. The first-order valence-electron chi connectivity index (χ1n) is 6.70. The van der Waals surface area contributed by atoms with E-state index in [0.717, 1.165) is 17.3 Å². The van der Waals surface area contributed by atoms with E-state index in [1.54, 1.807) is 19.2 Å². The van der Waals surface area contributed by atoms with Gasteiger partial charge in [0.15, 0.2) is 0 Å². The molecule has 6 nitrogen and oxygen atoms in total. The Kier molecular flexibility index (Phi) is 4.94. The number of carboxylic acids is 1. The number of ether oxygens (including phenoxy) is 1. The maximum atomic E-state index is 11.9. The predicted molar refractivity (Wildman–Crippen MR) is 78.4 cm³/mol. The lowest BCUT2D eigenvalue weighted by molar-refractivity contribution is -0.121. The van der Waals surface area contributed by atoms with Crippen LogP contribution >= 0.6 is 0 Å². The summed E-state index contributed by atoms with van der Waals surface area (Å²) in [6.45, 7) is 1.07. The maximum Gasteiger partial charge on any atom is 0.352 e. The Hall–Kier alpha value is -2.34. The number of carbonyl (C=O) groups is 2. The molecule has 0 saturated carbocycles. The fourth-order valence-electron chi connectivity index (χ4n) is 2.20. The number of hydrogen-bond acceptors (Lipinski definition) is 3. The SMILES string of the molecule is COCCCNC(=O)Cn1c(C(=O)O)cc2ccccc21. The molecule has 0 bridgehead atoms. The minimum Gasteiger partial charge on any atom is -0.477 e. The molecule has 2 aromatic rings. The lowest BCUT2D eigenvalue weighted by atomic mass is 10.2. The third-order valence-electron chi connectivity index (χ3n) is 3.18. The first-order chi connectivity index (χ1) is 10.1. The van der Waals surface area contributed by atoms with E-state index >= 15 is 0 Å². The maximum absolute atomic E-state index is 11.9. The second kappa shape index (κ2) is 6.90. The van der Waals surface area contributed by atoms with Crippen molar-refractivity contribution in [3.63, 3.8) is 0 Å². The summed E-state index contributed by atoms with van der Waals surface area (Å²) in [7, 11) is 1.60. The summed E-state index contributed by atoms with van der Waals surface area (Å²) < 4.78 is 6.42.